The largest absolute Gasteiger partial charge is 0.322 e. The number of nitrogens with zero attached hydrogens (tertiary/aromatic N) is 2. The molecular weight excluding hydrogens is 312 g/mol. The first kappa shape index (κ1) is 15.8. The Balaban J connectivity index is 1.37. The molecule has 0 bridgehead atoms. The summed E-state index contributed by atoms with van der Waals surface area (Å²) in [5.74, 6) is 0.616. The van der Waals surface area contributed by atoms with Crippen LogP contribution in [0, 0.1) is 5.92 Å². The van der Waals surface area contributed by atoms with Crippen LogP contribution in [-0.2, 0) is 0 Å². The van der Waals surface area contributed by atoms with Crippen molar-refractivity contribution in [2.45, 2.75) is 12.5 Å². The summed E-state index contributed by atoms with van der Waals surface area (Å²) in [6.45, 7) is 2.80. The van der Waals surface area contributed by atoms with Crippen LogP contribution >= 0.6 is 0 Å². The lowest BCUT2D eigenvalue weighted by Crippen LogP contribution is -2.41. The summed E-state index contributed by atoms with van der Waals surface area (Å²) in [5, 5.41) is 6.39. The fourth-order valence-corrected chi connectivity index (χ4v) is 3.63. The monoisotopic (exact) mass is 334 g/mol. The van der Waals surface area contributed by atoms with Crippen LogP contribution in [0.2, 0.25) is 0 Å². The highest BCUT2D eigenvalue weighted by molar-refractivity contribution is 5.90. The summed E-state index contributed by atoms with van der Waals surface area (Å²) < 4.78 is 0. The van der Waals surface area contributed by atoms with Gasteiger partial charge in [-0.15, -0.1) is 0 Å². The third-order valence-corrected chi connectivity index (χ3v) is 5.00. The van der Waals surface area contributed by atoms with Crippen molar-refractivity contribution in [1.29, 1.82) is 0 Å². The van der Waals surface area contributed by atoms with Gasteiger partial charge in [0, 0.05) is 37.6 Å². The van der Waals surface area contributed by atoms with Crippen LogP contribution in [0.4, 0.5) is 10.5 Å². The molecule has 5 nitrogen and oxygen atoms in total. The fraction of sp³-hybridized carbons (Fsp3) is 0.300. The maximum absolute atomic E-state index is 12.5. The number of amides is 2. The molecule has 0 unspecified atom stereocenters. The van der Waals surface area contributed by atoms with E-state index in [1.807, 2.05) is 59.5 Å². The average molecular weight is 334 g/mol. The summed E-state index contributed by atoms with van der Waals surface area (Å²) in [5.41, 5.74) is 2.83. The molecule has 2 aliphatic heterocycles. The van der Waals surface area contributed by atoms with E-state index in [0.717, 1.165) is 43.0 Å². The molecule has 1 aromatic heterocycles. The minimum atomic E-state index is 0.00739. The summed E-state index contributed by atoms with van der Waals surface area (Å²) in [6, 6.07) is 14.1. The molecule has 1 aromatic carbocycles. The van der Waals surface area contributed by atoms with E-state index in [0.29, 0.717) is 12.0 Å². The highest BCUT2D eigenvalue weighted by Gasteiger charge is 2.39. The summed E-state index contributed by atoms with van der Waals surface area (Å²) >= 11 is 0. The zero-order valence-electron chi connectivity index (χ0n) is 14.1. The third kappa shape index (κ3) is 3.56. The van der Waals surface area contributed by atoms with Gasteiger partial charge in [0.05, 0.1) is 5.69 Å². The first-order chi connectivity index (χ1) is 12.3. The topological polar surface area (TPSA) is 57.3 Å². The molecule has 128 valence electrons. The molecule has 0 radical (unpaired) electrons. The predicted octanol–water partition coefficient (Wildman–Crippen LogP) is 3.08. The van der Waals surface area contributed by atoms with Crippen LogP contribution in [-0.4, -0.2) is 41.6 Å². The molecule has 2 N–H and O–H groups in total. The number of aromatic nitrogens is 1. The van der Waals surface area contributed by atoms with E-state index in [4.69, 9.17) is 0 Å². The molecule has 0 spiro atoms. The third-order valence-electron chi connectivity index (χ3n) is 5.00. The molecule has 2 fully saturated rings. The van der Waals surface area contributed by atoms with Gasteiger partial charge in [-0.3, -0.25) is 4.98 Å². The summed E-state index contributed by atoms with van der Waals surface area (Å²) in [6.07, 6.45) is 6.87. The second-order valence-corrected chi connectivity index (χ2v) is 6.61. The van der Waals surface area contributed by atoms with Gasteiger partial charge in [-0.25, -0.2) is 4.79 Å². The molecule has 4 rings (SSSR count). The van der Waals surface area contributed by atoms with Crippen molar-refractivity contribution in [2.24, 2.45) is 5.92 Å². The quantitative estimate of drug-likeness (QED) is 0.907. The van der Waals surface area contributed by atoms with Crippen molar-refractivity contribution in [3.63, 3.8) is 0 Å². The van der Waals surface area contributed by atoms with Crippen LogP contribution in [0.25, 0.3) is 12.2 Å². The summed E-state index contributed by atoms with van der Waals surface area (Å²) in [7, 11) is 0. The number of fused-ring (bicyclic) bond motifs is 1. The number of carbonyl (C=O) groups is 1. The second kappa shape index (κ2) is 7.07. The van der Waals surface area contributed by atoms with Gasteiger partial charge >= 0.3 is 6.03 Å². The standard InChI is InChI=1S/C20H22N4O/c25-20(24-12-10-16-13-21-14-19(16)24)23-18-8-5-15(6-9-18)4-7-17-3-1-2-11-22-17/h1-9,11,16,19,21H,10,12-14H2,(H,23,25)/b7-4+/t16-,19+/m1/s1. The Hall–Kier alpha value is -2.66. The van der Waals surface area contributed by atoms with Gasteiger partial charge in [-0.2, -0.15) is 0 Å². The lowest BCUT2D eigenvalue weighted by molar-refractivity contribution is 0.206. The molecule has 2 saturated heterocycles. The molecule has 3 heterocycles. The Morgan fingerprint density at radius 3 is 2.84 bits per heavy atom. The van der Waals surface area contributed by atoms with Gasteiger partial charge in [0.25, 0.3) is 0 Å². The Labute approximate surface area is 147 Å². The number of anilines is 1. The van der Waals surface area contributed by atoms with E-state index in [1.54, 1.807) is 6.20 Å². The van der Waals surface area contributed by atoms with E-state index < -0.39 is 0 Å². The lowest BCUT2D eigenvalue weighted by Gasteiger charge is -2.23. The van der Waals surface area contributed by atoms with Crippen molar-refractivity contribution in [3.05, 3.63) is 59.9 Å². The van der Waals surface area contributed by atoms with Gasteiger partial charge in [0.15, 0.2) is 0 Å². The first-order valence-electron chi connectivity index (χ1n) is 8.77. The first-order valence-corrected chi connectivity index (χ1v) is 8.77. The number of likely N-dealkylation sites (tertiary alicyclic amines) is 1. The number of hydrogen-bond acceptors (Lipinski definition) is 3. The SMILES string of the molecule is O=C(Nc1ccc(/C=C/c2ccccn2)cc1)N1CC[C@@H]2CNC[C@@H]21. The number of pyridine rings is 1. The number of benzene rings is 1. The van der Waals surface area contributed by atoms with Gasteiger partial charge in [-0.1, -0.05) is 24.3 Å². The van der Waals surface area contributed by atoms with E-state index in [-0.39, 0.29) is 6.03 Å². The van der Waals surface area contributed by atoms with Crippen molar-refractivity contribution in [2.75, 3.05) is 25.0 Å². The van der Waals surface area contributed by atoms with Gasteiger partial charge < -0.3 is 15.5 Å². The van der Waals surface area contributed by atoms with Gasteiger partial charge in [-0.05, 0) is 48.2 Å². The Morgan fingerprint density at radius 2 is 2.04 bits per heavy atom. The highest BCUT2D eigenvalue weighted by atomic mass is 16.2. The summed E-state index contributed by atoms with van der Waals surface area (Å²) in [4.78, 5) is 18.8. The molecular formula is C20H22N4O. The van der Waals surface area contributed by atoms with Crippen LogP contribution in [0.3, 0.4) is 0 Å². The van der Waals surface area contributed by atoms with E-state index in [2.05, 4.69) is 15.6 Å². The number of hydrogen-bond donors (Lipinski definition) is 2. The molecule has 0 aliphatic carbocycles. The Kier molecular flexibility index (Phi) is 4.48. The Bertz CT molecular complexity index is 757. The number of rotatable bonds is 3. The van der Waals surface area contributed by atoms with Crippen LogP contribution < -0.4 is 10.6 Å². The van der Waals surface area contributed by atoms with Crippen LogP contribution in [0.15, 0.2) is 48.7 Å². The predicted molar refractivity (Wildman–Crippen MR) is 100 cm³/mol. The zero-order valence-corrected chi connectivity index (χ0v) is 14.1. The molecule has 0 saturated carbocycles. The van der Waals surface area contributed by atoms with E-state index in [1.165, 1.54) is 0 Å². The molecule has 2 atom stereocenters. The minimum absolute atomic E-state index is 0.00739. The number of nitrogens with one attached hydrogen (secondary N) is 2. The minimum Gasteiger partial charge on any atom is -0.320 e. The van der Waals surface area contributed by atoms with Gasteiger partial charge in [0.1, 0.15) is 0 Å². The maximum atomic E-state index is 12.5. The van der Waals surface area contributed by atoms with Crippen LogP contribution in [0.1, 0.15) is 17.7 Å². The molecule has 5 heteroatoms. The van der Waals surface area contributed by atoms with Crippen molar-refractivity contribution >= 4 is 23.9 Å². The fourth-order valence-electron chi connectivity index (χ4n) is 3.63. The van der Waals surface area contributed by atoms with Crippen LogP contribution in [0.5, 0.6) is 0 Å². The maximum Gasteiger partial charge on any atom is 0.322 e. The van der Waals surface area contributed by atoms with Crippen molar-refractivity contribution < 1.29 is 4.79 Å². The lowest BCUT2D eigenvalue weighted by atomic mass is 10.1. The number of carbonyl (C=O) groups excluding carboxylic acids is 1. The zero-order chi connectivity index (χ0) is 17.1. The van der Waals surface area contributed by atoms with E-state index in [9.17, 15) is 4.79 Å². The smallest absolute Gasteiger partial charge is 0.320 e. The normalized spacial score (nSPS) is 22.3. The molecule has 25 heavy (non-hydrogen) atoms. The molecule has 2 aliphatic rings. The molecule has 2 amide bonds. The van der Waals surface area contributed by atoms with Crippen molar-refractivity contribution in [1.82, 2.24) is 15.2 Å². The van der Waals surface area contributed by atoms with Gasteiger partial charge in [0.2, 0.25) is 0 Å². The highest BCUT2D eigenvalue weighted by Crippen LogP contribution is 2.27. The average Bonchev–Trinajstić information content (AvgIpc) is 3.25. The second-order valence-electron chi connectivity index (χ2n) is 6.61. The molecule has 2 aromatic rings. The van der Waals surface area contributed by atoms with E-state index >= 15 is 0 Å². The van der Waals surface area contributed by atoms with Crippen molar-refractivity contribution in [3.8, 4) is 0 Å². The number of urea groups is 1. The Morgan fingerprint density at radius 1 is 1.16 bits per heavy atom.